The van der Waals surface area contributed by atoms with Gasteiger partial charge in [0.05, 0.1) is 19.0 Å². The van der Waals surface area contributed by atoms with Crippen LogP contribution < -0.4 is 4.74 Å². The molecule has 0 saturated carbocycles. The summed E-state index contributed by atoms with van der Waals surface area (Å²) in [6, 6.07) is 0. The number of hydrogen-bond acceptors (Lipinski definition) is 4. The standard InChI is InChI=1S/C11H16N4O2/c1-7-8(6-14(2)13-7)11(16)10-9(17-4)5-12-15(10)3/h5-6,11,16H,1-4H3. The Labute approximate surface area is 99.4 Å². The van der Waals surface area contributed by atoms with Gasteiger partial charge in [0.2, 0.25) is 0 Å². The molecule has 0 bridgehead atoms. The molecule has 0 amide bonds. The third kappa shape index (κ3) is 1.91. The Morgan fingerprint density at radius 3 is 2.65 bits per heavy atom. The van der Waals surface area contributed by atoms with Crippen LogP contribution in [0.25, 0.3) is 0 Å². The van der Waals surface area contributed by atoms with Crippen LogP contribution in [0, 0.1) is 6.92 Å². The fourth-order valence-electron chi connectivity index (χ4n) is 1.93. The lowest BCUT2D eigenvalue weighted by Crippen LogP contribution is -2.08. The van der Waals surface area contributed by atoms with Crippen molar-refractivity contribution in [3.63, 3.8) is 0 Å². The van der Waals surface area contributed by atoms with Gasteiger partial charge < -0.3 is 9.84 Å². The molecule has 1 unspecified atom stereocenters. The first-order valence-corrected chi connectivity index (χ1v) is 5.28. The molecule has 0 saturated heterocycles. The minimum absolute atomic E-state index is 0.572. The lowest BCUT2D eigenvalue weighted by Gasteiger charge is -2.12. The summed E-state index contributed by atoms with van der Waals surface area (Å²) in [7, 11) is 5.15. The van der Waals surface area contributed by atoms with Crippen molar-refractivity contribution in [1.29, 1.82) is 0 Å². The van der Waals surface area contributed by atoms with Crippen molar-refractivity contribution >= 4 is 0 Å². The van der Waals surface area contributed by atoms with Gasteiger partial charge in [-0.3, -0.25) is 9.36 Å². The highest BCUT2D eigenvalue weighted by Gasteiger charge is 2.23. The second-order valence-electron chi connectivity index (χ2n) is 3.97. The Bertz CT molecular complexity index is 530. The van der Waals surface area contributed by atoms with Crippen LogP contribution in [0.5, 0.6) is 5.75 Å². The summed E-state index contributed by atoms with van der Waals surface area (Å²) in [6.45, 7) is 1.86. The molecule has 1 N–H and O–H groups in total. The normalized spacial score (nSPS) is 12.8. The van der Waals surface area contributed by atoms with Crippen LogP contribution in [-0.2, 0) is 14.1 Å². The van der Waals surface area contributed by atoms with Crippen molar-refractivity contribution < 1.29 is 9.84 Å². The Morgan fingerprint density at radius 1 is 1.41 bits per heavy atom. The fraction of sp³-hybridized carbons (Fsp3) is 0.455. The third-order valence-corrected chi connectivity index (χ3v) is 2.77. The van der Waals surface area contributed by atoms with E-state index in [1.54, 1.807) is 35.9 Å². The SMILES string of the molecule is COc1cnn(C)c1C(O)c1cn(C)nc1C. The predicted molar refractivity (Wildman–Crippen MR) is 61.8 cm³/mol. The maximum atomic E-state index is 10.4. The largest absolute Gasteiger partial charge is 0.493 e. The molecule has 2 heterocycles. The second kappa shape index (κ2) is 4.21. The highest BCUT2D eigenvalue weighted by atomic mass is 16.5. The Morgan fingerprint density at radius 2 is 2.12 bits per heavy atom. The molecule has 2 aromatic rings. The van der Waals surface area contributed by atoms with Crippen LogP contribution in [0.4, 0.5) is 0 Å². The molecule has 0 aromatic carbocycles. The zero-order valence-electron chi connectivity index (χ0n) is 10.4. The molecule has 6 heteroatoms. The van der Waals surface area contributed by atoms with Crippen molar-refractivity contribution in [3.05, 3.63) is 29.3 Å². The molecule has 92 valence electrons. The van der Waals surface area contributed by atoms with Crippen LogP contribution in [0.3, 0.4) is 0 Å². The highest BCUT2D eigenvalue weighted by Crippen LogP contribution is 2.30. The van der Waals surface area contributed by atoms with Gasteiger partial charge in [-0.25, -0.2) is 0 Å². The lowest BCUT2D eigenvalue weighted by molar-refractivity contribution is 0.203. The predicted octanol–water partition coefficient (Wildman–Crippen LogP) is 0.552. The second-order valence-corrected chi connectivity index (χ2v) is 3.97. The molecule has 2 aromatic heterocycles. The summed E-state index contributed by atoms with van der Waals surface area (Å²) < 4.78 is 8.47. The number of methoxy groups -OCH3 is 1. The molecule has 6 nitrogen and oxygen atoms in total. The summed E-state index contributed by atoms with van der Waals surface area (Å²) in [4.78, 5) is 0. The van der Waals surface area contributed by atoms with E-state index >= 15 is 0 Å². The molecule has 1 atom stereocenters. The van der Waals surface area contributed by atoms with Crippen molar-refractivity contribution in [2.75, 3.05) is 7.11 Å². The van der Waals surface area contributed by atoms with Crippen molar-refractivity contribution in [3.8, 4) is 5.75 Å². The van der Waals surface area contributed by atoms with E-state index < -0.39 is 6.10 Å². The first-order valence-electron chi connectivity index (χ1n) is 5.28. The van der Waals surface area contributed by atoms with Gasteiger partial charge in [-0.05, 0) is 6.92 Å². The van der Waals surface area contributed by atoms with Gasteiger partial charge in [0.15, 0.2) is 5.75 Å². The number of aliphatic hydroxyl groups is 1. The first kappa shape index (κ1) is 11.7. The number of hydrogen-bond donors (Lipinski definition) is 1. The van der Waals surface area contributed by atoms with Gasteiger partial charge in [-0.15, -0.1) is 0 Å². The maximum Gasteiger partial charge on any atom is 0.162 e. The van der Waals surface area contributed by atoms with Crippen LogP contribution in [0.1, 0.15) is 23.1 Å². The molecule has 0 aliphatic carbocycles. The number of rotatable bonds is 3. The van der Waals surface area contributed by atoms with Gasteiger partial charge in [0.1, 0.15) is 11.8 Å². The van der Waals surface area contributed by atoms with E-state index in [1.165, 1.54) is 0 Å². The molecule has 0 spiro atoms. The number of aryl methyl sites for hydroxylation is 3. The van der Waals surface area contributed by atoms with Gasteiger partial charge in [0, 0.05) is 25.9 Å². The molecule has 0 fully saturated rings. The third-order valence-electron chi connectivity index (χ3n) is 2.77. The van der Waals surface area contributed by atoms with E-state index in [-0.39, 0.29) is 0 Å². The van der Waals surface area contributed by atoms with E-state index in [1.807, 2.05) is 14.0 Å². The summed E-state index contributed by atoms with van der Waals surface area (Å²) in [5, 5.41) is 18.7. The van der Waals surface area contributed by atoms with E-state index in [2.05, 4.69) is 10.2 Å². The lowest BCUT2D eigenvalue weighted by atomic mass is 10.1. The Hall–Kier alpha value is -1.82. The van der Waals surface area contributed by atoms with E-state index in [0.29, 0.717) is 11.4 Å². The smallest absolute Gasteiger partial charge is 0.162 e. The fourth-order valence-corrected chi connectivity index (χ4v) is 1.93. The van der Waals surface area contributed by atoms with Gasteiger partial charge >= 0.3 is 0 Å². The zero-order chi connectivity index (χ0) is 12.6. The van der Waals surface area contributed by atoms with Crippen LogP contribution in [0.15, 0.2) is 12.4 Å². The molecule has 2 rings (SSSR count). The number of aromatic nitrogens is 4. The molecule has 0 aliphatic rings. The highest BCUT2D eigenvalue weighted by molar-refractivity contribution is 5.35. The van der Waals surface area contributed by atoms with Crippen molar-refractivity contribution in [2.45, 2.75) is 13.0 Å². The van der Waals surface area contributed by atoms with E-state index in [4.69, 9.17) is 4.74 Å². The number of ether oxygens (including phenoxy) is 1. The quantitative estimate of drug-likeness (QED) is 0.845. The van der Waals surface area contributed by atoms with Crippen molar-refractivity contribution in [2.24, 2.45) is 14.1 Å². The van der Waals surface area contributed by atoms with Crippen LogP contribution in [-0.4, -0.2) is 31.8 Å². The zero-order valence-corrected chi connectivity index (χ0v) is 10.4. The van der Waals surface area contributed by atoms with Gasteiger partial charge in [0.25, 0.3) is 0 Å². The molecular weight excluding hydrogens is 220 g/mol. The first-order chi connectivity index (χ1) is 8.04. The molecular formula is C11H16N4O2. The maximum absolute atomic E-state index is 10.4. The Balaban J connectivity index is 2.46. The van der Waals surface area contributed by atoms with Gasteiger partial charge in [-0.1, -0.05) is 0 Å². The average Bonchev–Trinajstić information content (AvgIpc) is 2.80. The topological polar surface area (TPSA) is 65.1 Å². The Kier molecular flexibility index (Phi) is 2.89. The number of nitrogens with zero attached hydrogens (tertiary/aromatic N) is 4. The van der Waals surface area contributed by atoms with Crippen molar-refractivity contribution in [1.82, 2.24) is 19.6 Å². The summed E-state index contributed by atoms with van der Waals surface area (Å²) in [5.74, 6) is 0.572. The van der Waals surface area contributed by atoms with Crippen LogP contribution >= 0.6 is 0 Å². The minimum atomic E-state index is -0.786. The minimum Gasteiger partial charge on any atom is -0.493 e. The van der Waals surface area contributed by atoms with E-state index in [0.717, 1.165) is 11.3 Å². The average molecular weight is 236 g/mol. The monoisotopic (exact) mass is 236 g/mol. The van der Waals surface area contributed by atoms with E-state index in [9.17, 15) is 5.11 Å². The number of aliphatic hydroxyl groups excluding tert-OH is 1. The van der Waals surface area contributed by atoms with Gasteiger partial charge in [-0.2, -0.15) is 10.2 Å². The summed E-state index contributed by atoms with van der Waals surface area (Å²) in [6.07, 6.45) is 2.60. The molecule has 0 radical (unpaired) electrons. The summed E-state index contributed by atoms with van der Waals surface area (Å²) >= 11 is 0. The van der Waals surface area contributed by atoms with Crippen LogP contribution in [0.2, 0.25) is 0 Å². The summed E-state index contributed by atoms with van der Waals surface area (Å²) in [5.41, 5.74) is 2.18. The molecule has 0 aliphatic heterocycles. The molecule has 17 heavy (non-hydrogen) atoms.